The van der Waals surface area contributed by atoms with Gasteiger partial charge in [0, 0.05) is 24.8 Å². The molecular formula is C20H19FN4O2. The van der Waals surface area contributed by atoms with Crippen molar-refractivity contribution in [2.45, 2.75) is 18.9 Å². The topological polar surface area (TPSA) is 60.2 Å². The standard InChI is InChI=1S/C20H19FN4O2/c21-16-4-6-18(7-5-16)27-19-3-1-2-15(14-19)20(26)24-11-8-17(9-12-24)25-13-10-22-23-25/h1-7,10,13-14,17H,8-9,11-12H2. The number of amides is 1. The van der Waals surface area contributed by atoms with Gasteiger partial charge in [-0.1, -0.05) is 11.3 Å². The zero-order chi connectivity index (χ0) is 18.6. The molecule has 1 fully saturated rings. The number of carbonyl (C=O) groups excluding carboxylic acids is 1. The number of carbonyl (C=O) groups is 1. The number of benzene rings is 2. The van der Waals surface area contributed by atoms with Gasteiger partial charge in [0.15, 0.2) is 0 Å². The number of hydrogen-bond acceptors (Lipinski definition) is 4. The average Bonchev–Trinajstić information content (AvgIpc) is 3.24. The monoisotopic (exact) mass is 366 g/mol. The van der Waals surface area contributed by atoms with Gasteiger partial charge in [0.2, 0.25) is 0 Å². The van der Waals surface area contributed by atoms with Crippen molar-refractivity contribution in [3.8, 4) is 11.5 Å². The molecule has 1 amide bonds. The predicted octanol–water partition coefficient (Wildman–Crippen LogP) is 3.69. The van der Waals surface area contributed by atoms with Crippen molar-refractivity contribution in [3.63, 3.8) is 0 Å². The zero-order valence-corrected chi connectivity index (χ0v) is 14.7. The maximum absolute atomic E-state index is 13.0. The lowest BCUT2D eigenvalue weighted by Crippen LogP contribution is -2.39. The second-order valence-electron chi connectivity index (χ2n) is 6.49. The SMILES string of the molecule is O=C(c1cccc(Oc2ccc(F)cc2)c1)N1CCC(n2ccnn2)CC1. The first-order valence-electron chi connectivity index (χ1n) is 8.87. The molecule has 0 spiro atoms. The summed E-state index contributed by atoms with van der Waals surface area (Å²) in [5.41, 5.74) is 0.578. The fraction of sp³-hybridized carbons (Fsp3) is 0.250. The van der Waals surface area contributed by atoms with Crippen LogP contribution in [0.25, 0.3) is 0 Å². The lowest BCUT2D eigenvalue weighted by atomic mass is 10.0. The third-order valence-electron chi connectivity index (χ3n) is 4.70. The Morgan fingerprint density at radius 3 is 2.56 bits per heavy atom. The molecule has 0 unspecified atom stereocenters. The Balaban J connectivity index is 1.41. The highest BCUT2D eigenvalue weighted by molar-refractivity contribution is 5.94. The number of nitrogens with zero attached hydrogens (tertiary/aromatic N) is 4. The highest BCUT2D eigenvalue weighted by Crippen LogP contribution is 2.25. The molecule has 3 aromatic rings. The number of hydrogen-bond donors (Lipinski definition) is 0. The Kier molecular flexibility index (Phi) is 4.82. The molecule has 0 N–H and O–H groups in total. The molecule has 0 bridgehead atoms. The minimum atomic E-state index is -0.319. The molecule has 138 valence electrons. The first-order valence-corrected chi connectivity index (χ1v) is 8.87. The summed E-state index contributed by atoms with van der Waals surface area (Å²) in [5.74, 6) is 0.733. The molecular weight excluding hydrogens is 347 g/mol. The lowest BCUT2D eigenvalue weighted by Gasteiger charge is -2.32. The van der Waals surface area contributed by atoms with Crippen LogP contribution >= 0.6 is 0 Å². The molecule has 1 aliphatic rings. The van der Waals surface area contributed by atoms with Crippen LogP contribution in [0.4, 0.5) is 4.39 Å². The number of likely N-dealkylation sites (tertiary alicyclic amines) is 1. The van der Waals surface area contributed by atoms with E-state index in [2.05, 4.69) is 10.3 Å². The number of ether oxygens (including phenoxy) is 1. The van der Waals surface area contributed by atoms with E-state index in [1.807, 2.05) is 15.8 Å². The number of rotatable bonds is 4. The summed E-state index contributed by atoms with van der Waals surface area (Å²) in [6.07, 6.45) is 5.23. The minimum Gasteiger partial charge on any atom is -0.457 e. The van der Waals surface area contributed by atoms with E-state index in [0.717, 1.165) is 12.8 Å². The molecule has 7 heteroatoms. The first-order chi connectivity index (χ1) is 13.2. The number of halogens is 1. The van der Waals surface area contributed by atoms with Crippen LogP contribution in [0.2, 0.25) is 0 Å². The van der Waals surface area contributed by atoms with E-state index >= 15 is 0 Å². The second-order valence-corrected chi connectivity index (χ2v) is 6.49. The summed E-state index contributed by atoms with van der Waals surface area (Å²) in [6.45, 7) is 1.35. The van der Waals surface area contributed by atoms with Gasteiger partial charge < -0.3 is 9.64 Å². The molecule has 0 saturated carbocycles. The largest absolute Gasteiger partial charge is 0.457 e. The molecule has 6 nitrogen and oxygen atoms in total. The maximum atomic E-state index is 13.0. The average molecular weight is 366 g/mol. The quantitative estimate of drug-likeness (QED) is 0.707. The highest BCUT2D eigenvalue weighted by atomic mass is 19.1. The number of piperidine rings is 1. The molecule has 4 rings (SSSR count). The third kappa shape index (κ3) is 3.97. The van der Waals surface area contributed by atoms with Crippen LogP contribution in [0.3, 0.4) is 0 Å². The summed E-state index contributed by atoms with van der Waals surface area (Å²) in [5, 5.41) is 7.89. The van der Waals surface area contributed by atoms with Crippen molar-refractivity contribution in [2.24, 2.45) is 0 Å². The fourth-order valence-electron chi connectivity index (χ4n) is 3.26. The Morgan fingerprint density at radius 2 is 1.85 bits per heavy atom. The molecule has 1 aliphatic heterocycles. The van der Waals surface area contributed by atoms with Gasteiger partial charge in [0.05, 0.1) is 12.2 Å². The van der Waals surface area contributed by atoms with Crippen LogP contribution in [0.15, 0.2) is 60.9 Å². The predicted molar refractivity (Wildman–Crippen MR) is 97.1 cm³/mol. The summed E-state index contributed by atoms with van der Waals surface area (Å²) in [6, 6.07) is 13.1. The molecule has 2 aromatic carbocycles. The van der Waals surface area contributed by atoms with Gasteiger partial charge in [-0.3, -0.25) is 4.79 Å². The van der Waals surface area contributed by atoms with Crippen LogP contribution in [-0.4, -0.2) is 38.9 Å². The van der Waals surface area contributed by atoms with E-state index in [4.69, 9.17) is 4.74 Å². The van der Waals surface area contributed by atoms with Gasteiger partial charge in [-0.15, -0.1) is 5.10 Å². The molecule has 1 saturated heterocycles. The molecule has 27 heavy (non-hydrogen) atoms. The van der Waals surface area contributed by atoms with E-state index in [1.165, 1.54) is 12.1 Å². The minimum absolute atomic E-state index is 0.0170. The van der Waals surface area contributed by atoms with Crippen molar-refractivity contribution in [1.82, 2.24) is 19.9 Å². The van der Waals surface area contributed by atoms with Crippen molar-refractivity contribution < 1.29 is 13.9 Å². The normalized spacial score (nSPS) is 14.9. The van der Waals surface area contributed by atoms with Crippen molar-refractivity contribution >= 4 is 5.91 Å². The van der Waals surface area contributed by atoms with Crippen LogP contribution in [-0.2, 0) is 0 Å². The maximum Gasteiger partial charge on any atom is 0.253 e. The van der Waals surface area contributed by atoms with Gasteiger partial charge >= 0.3 is 0 Å². The molecule has 2 heterocycles. The van der Waals surface area contributed by atoms with E-state index in [0.29, 0.717) is 30.2 Å². The lowest BCUT2D eigenvalue weighted by molar-refractivity contribution is 0.0689. The van der Waals surface area contributed by atoms with Crippen molar-refractivity contribution in [1.29, 1.82) is 0 Å². The highest BCUT2D eigenvalue weighted by Gasteiger charge is 2.25. The Morgan fingerprint density at radius 1 is 1.07 bits per heavy atom. The second kappa shape index (κ2) is 7.57. The van der Waals surface area contributed by atoms with Gasteiger partial charge in [-0.05, 0) is 55.3 Å². The smallest absolute Gasteiger partial charge is 0.253 e. The molecule has 0 aliphatic carbocycles. The molecule has 0 atom stereocenters. The van der Waals surface area contributed by atoms with Gasteiger partial charge in [-0.25, -0.2) is 9.07 Å². The number of aromatic nitrogens is 3. The van der Waals surface area contributed by atoms with E-state index in [-0.39, 0.29) is 17.8 Å². The van der Waals surface area contributed by atoms with E-state index in [1.54, 1.807) is 42.6 Å². The van der Waals surface area contributed by atoms with E-state index < -0.39 is 0 Å². The summed E-state index contributed by atoms with van der Waals surface area (Å²) in [4.78, 5) is 14.7. The summed E-state index contributed by atoms with van der Waals surface area (Å²) >= 11 is 0. The van der Waals surface area contributed by atoms with Crippen molar-refractivity contribution in [2.75, 3.05) is 13.1 Å². The Hall–Kier alpha value is -3.22. The first kappa shape index (κ1) is 17.2. The van der Waals surface area contributed by atoms with E-state index in [9.17, 15) is 9.18 Å². The van der Waals surface area contributed by atoms with Gasteiger partial charge in [-0.2, -0.15) is 0 Å². The molecule has 1 aromatic heterocycles. The summed E-state index contributed by atoms with van der Waals surface area (Å²) in [7, 11) is 0. The van der Waals surface area contributed by atoms with Gasteiger partial charge in [0.25, 0.3) is 5.91 Å². The van der Waals surface area contributed by atoms with Crippen LogP contribution in [0.1, 0.15) is 29.2 Å². The van der Waals surface area contributed by atoms with Gasteiger partial charge in [0.1, 0.15) is 17.3 Å². The Bertz CT molecular complexity index is 904. The fourth-order valence-corrected chi connectivity index (χ4v) is 3.26. The Labute approximate surface area is 156 Å². The third-order valence-corrected chi connectivity index (χ3v) is 4.70. The summed E-state index contributed by atoms with van der Waals surface area (Å²) < 4.78 is 20.6. The van der Waals surface area contributed by atoms with Crippen LogP contribution in [0, 0.1) is 5.82 Å². The molecule has 0 radical (unpaired) electrons. The van der Waals surface area contributed by atoms with Crippen LogP contribution < -0.4 is 4.74 Å². The zero-order valence-electron chi connectivity index (χ0n) is 14.7. The van der Waals surface area contributed by atoms with Crippen LogP contribution in [0.5, 0.6) is 11.5 Å². The van der Waals surface area contributed by atoms with Crippen molar-refractivity contribution in [3.05, 3.63) is 72.3 Å².